The lowest BCUT2D eigenvalue weighted by Gasteiger charge is -2.49. The molecule has 0 aromatic heterocycles. The molecule has 4 aromatic carbocycles. The Morgan fingerprint density at radius 3 is 1.58 bits per heavy atom. The third kappa shape index (κ3) is 6.26. The quantitative estimate of drug-likeness (QED) is 0.185. The lowest BCUT2D eigenvalue weighted by molar-refractivity contribution is 0.173. The molecule has 0 bridgehead atoms. The number of hydrogen-bond donors (Lipinski definition) is 0. The Morgan fingerprint density at radius 1 is 0.596 bits per heavy atom. The number of rotatable bonds is 4. The lowest BCUT2D eigenvalue weighted by Crippen LogP contribution is -2.46. The molecular weight excluding hydrogens is 882 g/mol. The van der Waals surface area contributed by atoms with E-state index in [0.717, 1.165) is 94.1 Å². The Morgan fingerprint density at radius 2 is 1.07 bits per heavy atom. The predicted molar refractivity (Wildman–Crippen MR) is 232 cm³/mol. The monoisotopic (exact) mass is 926 g/mol. The first kappa shape index (κ1) is 39.5. The Kier molecular flexibility index (Phi) is 10.5. The summed E-state index contributed by atoms with van der Waals surface area (Å²) >= 11 is 8.31. The largest absolute Gasteiger partial charge is 0.493 e. The van der Waals surface area contributed by atoms with Crippen LogP contribution in [-0.2, 0) is 23.9 Å². The Bertz CT molecular complexity index is 2340. The molecule has 0 radical (unpaired) electrons. The van der Waals surface area contributed by atoms with E-state index < -0.39 is 0 Å². The minimum atomic E-state index is -0.322. The van der Waals surface area contributed by atoms with Crippen LogP contribution in [0.25, 0.3) is 23.5 Å². The first-order valence-corrected chi connectivity index (χ1v) is 21.8. The van der Waals surface area contributed by atoms with E-state index in [1.54, 1.807) is 49.9 Å². The van der Waals surface area contributed by atoms with Gasteiger partial charge in [0.1, 0.15) is 0 Å². The van der Waals surface area contributed by atoms with E-state index in [9.17, 15) is 0 Å². The zero-order valence-electron chi connectivity index (χ0n) is 33.2. The van der Waals surface area contributed by atoms with Gasteiger partial charge in [-0.15, -0.1) is 0 Å². The molecule has 10 nitrogen and oxygen atoms in total. The number of methoxy groups -OCH3 is 4. The van der Waals surface area contributed by atoms with Crippen LogP contribution < -0.4 is 37.9 Å². The molecule has 13 heteroatoms. The summed E-state index contributed by atoms with van der Waals surface area (Å²) in [5.41, 5.74) is 11.1. The molecule has 0 unspecified atom stereocenters. The second-order valence-corrected chi connectivity index (χ2v) is 15.8. The van der Waals surface area contributed by atoms with Gasteiger partial charge in [0.2, 0.25) is 13.6 Å². The van der Waals surface area contributed by atoms with Crippen LogP contribution in [0.3, 0.4) is 0 Å². The minimum Gasteiger partial charge on any atom is -0.493 e. The SMILES string of the molecule is COc1cc(Cl)c2c(c1OC)C(C)(C)N1CCc3cc4c(cc3C1=C2)OCO4.COc1ccc2c(c1OC)C(C)(C)N1CCc3cc4c(cc3C1=C2)OCO4.ClI. The van der Waals surface area contributed by atoms with Crippen LogP contribution in [-0.4, -0.2) is 64.9 Å². The van der Waals surface area contributed by atoms with Gasteiger partial charge in [-0.2, -0.15) is 0 Å². The average molecular weight is 928 g/mol. The normalized spacial score (nSPS) is 17.6. The standard InChI is InChI=1S/C22H22ClNO4.C22H23NO4.ClI/c1-22(2)20-14(15(23)10-19(25-3)21(20)26-4)8-16-13-9-18-17(27-11-28-18)7-12(13)5-6-24(16)22;1-22(2)20-14(5-6-17(24-3)21(20)25-4)9-16-15-11-19-18(26-12-27-19)10-13(15)7-8-23(16)22;1-2/h7-10H,5-6,11H2,1-4H3;5-6,9-11H,7-8,12H2,1-4H3;. The van der Waals surface area contributed by atoms with Gasteiger partial charge in [0.25, 0.3) is 0 Å². The van der Waals surface area contributed by atoms with Gasteiger partial charge in [-0.05, 0) is 109 Å². The zero-order valence-corrected chi connectivity index (χ0v) is 36.9. The molecule has 0 amide bonds. The Balaban J connectivity index is 0.000000153. The summed E-state index contributed by atoms with van der Waals surface area (Å²) in [6.45, 7) is 11.3. The van der Waals surface area contributed by atoms with E-state index in [0.29, 0.717) is 17.6 Å². The summed E-state index contributed by atoms with van der Waals surface area (Å²) in [4.78, 5) is 4.87. The predicted octanol–water partition coefficient (Wildman–Crippen LogP) is 10.3. The molecule has 6 aliphatic rings. The first-order chi connectivity index (χ1) is 27.5. The summed E-state index contributed by atoms with van der Waals surface area (Å²) in [6.07, 6.45) is 6.31. The molecule has 10 rings (SSSR count). The van der Waals surface area contributed by atoms with E-state index in [1.165, 1.54) is 28.0 Å². The van der Waals surface area contributed by atoms with Crippen molar-refractivity contribution in [3.05, 3.63) is 92.0 Å². The van der Waals surface area contributed by atoms with Gasteiger partial charge >= 0.3 is 0 Å². The van der Waals surface area contributed by atoms with Gasteiger partial charge in [0.15, 0.2) is 46.0 Å². The van der Waals surface area contributed by atoms with E-state index in [1.807, 2.05) is 12.1 Å². The fourth-order valence-electron chi connectivity index (χ4n) is 9.30. The minimum absolute atomic E-state index is 0.229. The summed E-state index contributed by atoms with van der Waals surface area (Å²) in [5.74, 6) is 6.26. The van der Waals surface area contributed by atoms with Gasteiger partial charge in [0.05, 0.1) is 44.5 Å². The number of hydrogen-bond acceptors (Lipinski definition) is 10. The third-order valence-corrected chi connectivity index (χ3v) is 12.2. The molecule has 0 aliphatic carbocycles. The van der Waals surface area contributed by atoms with Crippen molar-refractivity contribution in [2.45, 2.75) is 51.6 Å². The zero-order chi connectivity index (χ0) is 40.4. The molecule has 4 aromatic rings. The van der Waals surface area contributed by atoms with E-state index in [2.05, 4.69) is 88.9 Å². The molecule has 300 valence electrons. The van der Waals surface area contributed by atoms with Crippen LogP contribution >= 0.6 is 42.0 Å². The van der Waals surface area contributed by atoms with Gasteiger partial charge in [-0.3, -0.25) is 0 Å². The lowest BCUT2D eigenvalue weighted by atomic mass is 9.79. The average Bonchev–Trinajstić information content (AvgIpc) is 3.88. The highest BCUT2D eigenvalue weighted by atomic mass is 127. The molecule has 0 fully saturated rings. The highest BCUT2D eigenvalue weighted by molar-refractivity contribution is 14.1. The molecule has 57 heavy (non-hydrogen) atoms. The molecular formula is C44H45Cl2IN2O8. The maximum atomic E-state index is 6.69. The van der Waals surface area contributed by atoms with Crippen LogP contribution in [0.5, 0.6) is 46.0 Å². The van der Waals surface area contributed by atoms with Crippen molar-refractivity contribution < 1.29 is 37.9 Å². The highest BCUT2D eigenvalue weighted by Crippen LogP contribution is 2.55. The molecule has 6 heterocycles. The maximum Gasteiger partial charge on any atom is 0.231 e. The third-order valence-electron chi connectivity index (χ3n) is 11.9. The first-order valence-electron chi connectivity index (χ1n) is 18.7. The smallest absolute Gasteiger partial charge is 0.231 e. The number of benzene rings is 4. The van der Waals surface area contributed by atoms with Crippen molar-refractivity contribution in [1.82, 2.24) is 9.80 Å². The summed E-state index contributed by atoms with van der Waals surface area (Å²) < 4.78 is 45.0. The number of nitrogens with zero attached hydrogens (tertiary/aromatic N) is 2. The van der Waals surface area contributed by atoms with Crippen LogP contribution in [0.4, 0.5) is 0 Å². The van der Waals surface area contributed by atoms with E-state index in [4.69, 9.17) is 49.5 Å². The maximum absolute atomic E-state index is 6.69. The van der Waals surface area contributed by atoms with Gasteiger partial charge in [-0.1, -0.05) is 17.7 Å². The summed E-state index contributed by atoms with van der Waals surface area (Å²) in [5, 5.41) is 0.653. The Hall–Kier alpha value is -4.33. The molecule has 0 N–H and O–H groups in total. The molecule has 6 aliphatic heterocycles. The van der Waals surface area contributed by atoms with Crippen LogP contribution in [0.15, 0.2) is 42.5 Å². The molecule has 0 saturated heterocycles. The van der Waals surface area contributed by atoms with Gasteiger partial charge in [0, 0.05) is 79.8 Å². The molecule has 0 atom stereocenters. The summed E-state index contributed by atoms with van der Waals surface area (Å²) in [7, 11) is 11.3. The Labute approximate surface area is 356 Å². The van der Waals surface area contributed by atoms with Crippen molar-refractivity contribution in [3.63, 3.8) is 0 Å². The second-order valence-electron chi connectivity index (χ2n) is 15.4. The molecule has 0 spiro atoms. The molecule has 0 saturated carbocycles. The van der Waals surface area contributed by atoms with Crippen LogP contribution in [0.1, 0.15) is 72.2 Å². The van der Waals surface area contributed by atoms with Crippen molar-refractivity contribution in [1.29, 1.82) is 0 Å². The van der Waals surface area contributed by atoms with Crippen molar-refractivity contribution >= 4 is 65.5 Å². The van der Waals surface area contributed by atoms with Crippen molar-refractivity contribution in [2.75, 3.05) is 55.1 Å². The van der Waals surface area contributed by atoms with Crippen LogP contribution in [0.2, 0.25) is 5.02 Å². The fraction of sp³-hybridized carbons (Fsp3) is 0.364. The van der Waals surface area contributed by atoms with Gasteiger partial charge < -0.3 is 47.7 Å². The number of halogens is 3. The van der Waals surface area contributed by atoms with Crippen molar-refractivity contribution in [3.8, 4) is 46.0 Å². The topological polar surface area (TPSA) is 80.3 Å². The second kappa shape index (κ2) is 15.1. The summed E-state index contributed by atoms with van der Waals surface area (Å²) in [6, 6.07) is 14.4. The van der Waals surface area contributed by atoms with Gasteiger partial charge in [-0.25, -0.2) is 0 Å². The van der Waals surface area contributed by atoms with Crippen molar-refractivity contribution in [2.24, 2.45) is 0 Å². The number of fused-ring (bicyclic) bond motifs is 10. The van der Waals surface area contributed by atoms with E-state index in [-0.39, 0.29) is 17.9 Å². The number of ether oxygens (including phenoxy) is 8. The highest BCUT2D eigenvalue weighted by Gasteiger charge is 2.44. The van der Waals surface area contributed by atoms with Crippen LogP contribution in [0, 0.1) is 0 Å². The fourth-order valence-corrected chi connectivity index (χ4v) is 9.55. The van der Waals surface area contributed by atoms with E-state index >= 15 is 0 Å².